The molecule has 0 aromatic heterocycles. The van der Waals surface area contributed by atoms with E-state index in [-0.39, 0.29) is 0 Å². The Morgan fingerprint density at radius 2 is 2.42 bits per heavy atom. The fraction of sp³-hybridized carbons (Fsp3) is 0.800. The number of hydrogen-bond acceptors (Lipinski definition) is 2. The molecule has 2 atom stereocenters. The summed E-state index contributed by atoms with van der Waals surface area (Å²) in [7, 11) is 2.20. The summed E-state index contributed by atoms with van der Waals surface area (Å²) in [5.41, 5.74) is 1.37. The van der Waals surface area contributed by atoms with Crippen molar-refractivity contribution in [3.8, 4) is 0 Å². The molecule has 1 heterocycles. The predicted molar refractivity (Wildman–Crippen MR) is 49.1 cm³/mol. The maximum absolute atomic E-state index is 5.72. The van der Waals surface area contributed by atoms with E-state index >= 15 is 0 Å². The van der Waals surface area contributed by atoms with Crippen molar-refractivity contribution in [3.05, 3.63) is 12.2 Å². The van der Waals surface area contributed by atoms with Crippen molar-refractivity contribution in [2.24, 2.45) is 0 Å². The molecule has 2 heteroatoms. The summed E-state index contributed by atoms with van der Waals surface area (Å²) < 4.78 is 5.72. The number of ether oxygens (including phenoxy) is 1. The molecule has 0 N–H and O–H groups in total. The van der Waals surface area contributed by atoms with Gasteiger partial charge in [0, 0.05) is 12.6 Å². The van der Waals surface area contributed by atoms with Gasteiger partial charge in [-0.15, -0.1) is 0 Å². The molecule has 1 saturated heterocycles. The van der Waals surface area contributed by atoms with Crippen molar-refractivity contribution in [2.75, 3.05) is 20.2 Å². The lowest BCUT2D eigenvalue weighted by molar-refractivity contribution is -0.0700. The van der Waals surface area contributed by atoms with Gasteiger partial charge in [-0.3, -0.25) is 4.90 Å². The molecule has 68 valence electrons. The number of morpholine rings is 1. The summed E-state index contributed by atoms with van der Waals surface area (Å²) in [6.45, 7) is 6.02. The first-order valence-corrected chi connectivity index (χ1v) is 4.76. The van der Waals surface area contributed by atoms with Crippen LogP contribution in [0.2, 0.25) is 0 Å². The Balaban J connectivity index is 2.04. The van der Waals surface area contributed by atoms with Gasteiger partial charge in [0.25, 0.3) is 0 Å². The van der Waals surface area contributed by atoms with Crippen molar-refractivity contribution >= 4 is 0 Å². The highest BCUT2D eigenvalue weighted by molar-refractivity contribution is 5.05. The van der Waals surface area contributed by atoms with E-state index < -0.39 is 0 Å². The molecule has 0 spiro atoms. The predicted octanol–water partition coefficient (Wildman–Crippen LogP) is 1.43. The summed E-state index contributed by atoms with van der Waals surface area (Å²) in [5, 5.41) is 0. The summed E-state index contributed by atoms with van der Waals surface area (Å²) in [5.74, 6) is 0. The van der Waals surface area contributed by atoms with Crippen molar-refractivity contribution < 1.29 is 4.74 Å². The number of fused-ring (bicyclic) bond motifs is 1. The number of rotatable bonds is 0. The minimum absolute atomic E-state index is 0.435. The van der Waals surface area contributed by atoms with Crippen molar-refractivity contribution in [1.29, 1.82) is 0 Å². The van der Waals surface area contributed by atoms with E-state index in [0.717, 1.165) is 19.6 Å². The number of nitrogens with zero attached hydrogens (tertiary/aromatic N) is 1. The monoisotopic (exact) mass is 167 g/mol. The van der Waals surface area contributed by atoms with Crippen molar-refractivity contribution in [1.82, 2.24) is 4.90 Å². The average molecular weight is 167 g/mol. The molecule has 0 aromatic carbocycles. The van der Waals surface area contributed by atoms with Crippen LogP contribution in [0.25, 0.3) is 0 Å². The Bertz CT molecular complexity index is 190. The van der Waals surface area contributed by atoms with E-state index in [1.165, 1.54) is 18.4 Å². The molecule has 1 aliphatic heterocycles. The maximum Gasteiger partial charge on any atom is 0.0767 e. The lowest BCUT2D eigenvalue weighted by Crippen LogP contribution is -2.50. The summed E-state index contributed by atoms with van der Waals surface area (Å²) in [6, 6.07) is 0.657. The van der Waals surface area contributed by atoms with Gasteiger partial charge < -0.3 is 4.74 Å². The lowest BCUT2D eigenvalue weighted by Gasteiger charge is -2.42. The van der Waals surface area contributed by atoms with Gasteiger partial charge in [-0.1, -0.05) is 12.2 Å². The van der Waals surface area contributed by atoms with Crippen LogP contribution in [0.5, 0.6) is 0 Å². The first-order valence-electron chi connectivity index (χ1n) is 4.76. The fourth-order valence-corrected chi connectivity index (χ4v) is 2.25. The van der Waals surface area contributed by atoms with Crippen LogP contribution in [-0.2, 0) is 4.74 Å². The Labute approximate surface area is 74.2 Å². The van der Waals surface area contributed by atoms with E-state index in [1.54, 1.807) is 0 Å². The van der Waals surface area contributed by atoms with Crippen LogP contribution in [0.1, 0.15) is 19.3 Å². The Morgan fingerprint density at radius 1 is 1.58 bits per heavy atom. The van der Waals surface area contributed by atoms with Gasteiger partial charge in [0.05, 0.1) is 12.7 Å². The summed E-state index contributed by atoms with van der Waals surface area (Å²) in [6.07, 6.45) is 3.94. The summed E-state index contributed by atoms with van der Waals surface area (Å²) >= 11 is 0. The Kier molecular flexibility index (Phi) is 2.20. The zero-order chi connectivity index (χ0) is 8.55. The van der Waals surface area contributed by atoms with Gasteiger partial charge in [0.1, 0.15) is 0 Å². The third-order valence-corrected chi connectivity index (χ3v) is 3.05. The quantitative estimate of drug-likeness (QED) is 0.506. The molecule has 12 heavy (non-hydrogen) atoms. The van der Waals surface area contributed by atoms with E-state index in [0.29, 0.717) is 12.1 Å². The largest absolute Gasteiger partial charge is 0.375 e. The van der Waals surface area contributed by atoms with Gasteiger partial charge in [-0.25, -0.2) is 0 Å². The summed E-state index contributed by atoms with van der Waals surface area (Å²) in [4.78, 5) is 2.43. The van der Waals surface area contributed by atoms with Crippen LogP contribution in [0.15, 0.2) is 12.2 Å². The van der Waals surface area contributed by atoms with Crippen molar-refractivity contribution in [3.63, 3.8) is 0 Å². The highest BCUT2D eigenvalue weighted by Gasteiger charge is 2.33. The van der Waals surface area contributed by atoms with Gasteiger partial charge in [-0.05, 0) is 26.3 Å². The van der Waals surface area contributed by atoms with Crippen LogP contribution < -0.4 is 0 Å². The molecule has 0 amide bonds. The lowest BCUT2D eigenvalue weighted by atomic mass is 9.87. The molecule has 2 unspecified atom stereocenters. The minimum Gasteiger partial charge on any atom is -0.375 e. The van der Waals surface area contributed by atoms with E-state index in [9.17, 15) is 0 Å². The van der Waals surface area contributed by atoms with Gasteiger partial charge in [-0.2, -0.15) is 0 Å². The second-order valence-electron chi connectivity index (χ2n) is 3.95. The Hall–Kier alpha value is -0.340. The van der Waals surface area contributed by atoms with E-state index in [1.807, 2.05) is 0 Å². The zero-order valence-corrected chi connectivity index (χ0v) is 7.75. The third-order valence-electron chi connectivity index (χ3n) is 3.05. The van der Waals surface area contributed by atoms with Gasteiger partial charge >= 0.3 is 0 Å². The second kappa shape index (κ2) is 3.19. The first kappa shape index (κ1) is 8.27. The highest BCUT2D eigenvalue weighted by Crippen LogP contribution is 2.29. The minimum atomic E-state index is 0.435. The topological polar surface area (TPSA) is 12.5 Å². The molecule has 2 rings (SSSR count). The van der Waals surface area contributed by atoms with Crippen molar-refractivity contribution in [2.45, 2.75) is 31.4 Å². The highest BCUT2D eigenvalue weighted by atomic mass is 16.5. The molecule has 2 aliphatic rings. The van der Waals surface area contributed by atoms with Gasteiger partial charge in [0.15, 0.2) is 0 Å². The average Bonchev–Trinajstić information content (AvgIpc) is 2.04. The molecule has 0 bridgehead atoms. The third kappa shape index (κ3) is 1.41. The zero-order valence-electron chi connectivity index (χ0n) is 7.75. The maximum atomic E-state index is 5.72. The van der Waals surface area contributed by atoms with Crippen LogP contribution in [0, 0.1) is 0 Å². The molecular formula is C10H17NO. The number of hydrogen-bond donors (Lipinski definition) is 0. The molecular weight excluding hydrogens is 150 g/mol. The standard InChI is InChI=1S/C10H17NO/c1-8-3-4-9-10(7-8)12-6-5-11(9)2/h9-10H,1,3-7H2,2H3. The molecule has 1 saturated carbocycles. The molecule has 2 nitrogen and oxygen atoms in total. The van der Waals surface area contributed by atoms with E-state index in [4.69, 9.17) is 4.74 Å². The Morgan fingerprint density at radius 3 is 3.25 bits per heavy atom. The number of likely N-dealkylation sites (N-methyl/N-ethyl adjacent to an activating group) is 1. The first-order chi connectivity index (χ1) is 5.77. The van der Waals surface area contributed by atoms with Crippen LogP contribution in [0.3, 0.4) is 0 Å². The van der Waals surface area contributed by atoms with Crippen LogP contribution in [-0.4, -0.2) is 37.2 Å². The molecule has 1 aliphatic carbocycles. The molecule has 0 aromatic rings. The van der Waals surface area contributed by atoms with Gasteiger partial charge in [0.2, 0.25) is 0 Å². The smallest absolute Gasteiger partial charge is 0.0767 e. The van der Waals surface area contributed by atoms with E-state index in [2.05, 4.69) is 18.5 Å². The van der Waals surface area contributed by atoms with Crippen LogP contribution >= 0.6 is 0 Å². The molecule has 0 radical (unpaired) electrons. The normalized spacial score (nSPS) is 37.9. The second-order valence-corrected chi connectivity index (χ2v) is 3.95. The fourth-order valence-electron chi connectivity index (χ4n) is 2.25. The SMILES string of the molecule is C=C1CCC2C(C1)OCCN2C. The van der Waals surface area contributed by atoms with Crippen LogP contribution in [0.4, 0.5) is 0 Å². The molecule has 2 fully saturated rings.